The number of fused-ring (bicyclic) bond motifs is 5. The Labute approximate surface area is 471 Å². The van der Waals surface area contributed by atoms with Gasteiger partial charge in [0.25, 0.3) is 5.91 Å². The van der Waals surface area contributed by atoms with Gasteiger partial charge >= 0.3 is 23.9 Å². The summed E-state index contributed by atoms with van der Waals surface area (Å²) in [5.41, 5.74) is -6.53. The van der Waals surface area contributed by atoms with Crippen molar-refractivity contribution >= 4 is 75.4 Å². The number of esters is 4. The van der Waals surface area contributed by atoms with Gasteiger partial charge in [-0.15, -0.1) is 0 Å². The summed E-state index contributed by atoms with van der Waals surface area (Å²) in [5, 5.41) is 17.3. The van der Waals surface area contributed by atoms with Crippen LogP contribution in [0.1, 0.15) is 128 Å². The third-order valence-corrected chi connectivity index (χ3v) is 28.0. The molecule has 0 aromatic heterocycles. The number of carbonyl (C=O) groups excluding carboxylic acids is 6. The number of ketones is 1. The van der Waals surface area contributed by atoms with Crippen LogP contribution in [-0.4, -0.2) is 112 Å². The molecule has 15 nitrogen and oxygen atoms in total. The van der Waals surface area contributed by atoms with Gasteiger partial charge in [-0.1, -0.05) is 127 Å². The van der Waals surface area contributed by atoms with Gasteiger partial charge in [0.15, 0.2) is 40.2 Å². The first-order valence-electron chi connectivity index (χ1n) is 27.0. The van der Waals surface area contributed by atoms with Crippen molar-refractivity contribution in [2.75, 3.05) is 6.61 Å². The molecule has 3 aromatic rings. The molecule has 3 aliphatic carbocycles. The van der Waals surface area contributed by atoms with E-state index in [2.05, 4.69) is 5.32 Å². The Balaban J connectivity index is 1.50. The maximum absolute atomic E-state index is 16.7. The van der Waals surface area contributed by atoms with Crippen LogP contribution in [0.25, 0.3) is 0 Å². The van der Waals surface area contributed by atoms with Crippen LogP contribution < -0.4 is 5.32 Å². The normalized spacial score (nSPS) is 28.5. The molecule has 3 aromatic carbocycles. The number of rotatable bonds is 17. The van der Waals surface area contributed by atoms with Crippen LogP contribution in [0.2, 0.25) is 46.3 Å². The Morgan fingerprint density at radius 1 is 0.833 bits per heavy atom. The van der Waals surface area contributed by atoms with E-state index in [-0.39, 0.29) is 39.8 Å². The van der Waals surface area contributed by atoms with Crippen molar-refractivity contribution in [1.82, 2.24) is 5.32 Å². The smallest absolute Gasteiger partial charge is 0.338 e. The predicted molar refractivity (Wildman–Crippen MR) is 300 cm³/mol. The van der Waals surface area contributed by atoms with Crippen molar-refractivity contribution in [3.05, 3.63) is 117 Å². The lowest BCUT2D eigenvalue weighted by Crippen LogP contribution is -2.82. The Kier molecular flexibility index (Phi) is 17.7. The molecule has 11 atom stereocenters. The molecule has 0 unspecified atom stereocenters. The zero-order chi connectivity index (χ0) is 57.7. The van der Waals surface area contributed by atoms with Gasteiger partial charge in [0.1, 0.15) is 23.9 Å². The van der Waals surface area contributed by atoms with E-state index in [1.165, 1.54) is 32.0 Å². The van der Waals surface area contributed by atoms with E-state index >= 15 is 14.4 Å². The van der Waals surface area contributed by atoms with Crippen LogP contribution in [0.4, 0.5) is 0 Å². The van der Waals surface area contributed by atoms with Gasteiger partial charge in [0.2, 0.25) is 0 Å². The molecule has 7 rings (SSSR count). The summed E-state index contributed by atoms with van der Waals surface area (Å²) in [5.74, 6) is -6.10. The summed E-state index contributed by atoms with van der Waals surface area (Å²) >= 11 is 12.9. The number of carbonyl (C=O) groups is 6. The zero-order valence-electron chi connectivity index (χ0n) is 47.4. The lowest BCUT2D eigenvalue weighted by atomic mass is 9.44. The number of aliphatic hydroxyl groups is 1. The lowest BCUT2D eigenvalue weighted by Gasteiger charge is -2.68. The van der Waals surface area contributed by atoms with Crippen molar-refractivity contribution in [3.8, 4) is 0 Å². The van der Waals surface area contributed by atoms with E-state index in [4.69, 9.17) is 55.7 Å². The molecule has 0 spiro atoms. The van der Waals surface area contributed by atoms with Crippen LogP contribution in [-0.2, 0) is 51.7 Å². The van der Waals surface area contributed by atoms with Crippen LogP contribution >= 0.6 is 23.2 Å². The summed E-state index contributed by atoms with van der Waals surface area (Å²) in [4.78, 5) is 88.9. The molecule has 0 radical (unpaired) electrons. The molecule has 78 heavy (non-hydrogen) atoms. The SMILES string of the molecule is CC[Si](CC)(CC)O[C@H]1C[C@H]2OC[C@@]2(OC(C)=O)[C@H]2[C@H](OC(=O)c3ccc(Cl)c(Cl)c3)[C@]3(O)C[C@H](OC(=O)[C@H](O[Si](C)(C)C(C)(C)C)[C@@H](NC(=O)c4ccccc4)c4ccccc4)C(C)=C([C@@H](OC(C)=O)C(=O)[C@]12C)C3(C)C. The topological polar surface area (TPSA) is 199 Å². The summed E-state index contributed by atoms with van der Waals surface area (Å²) in [6.07, 6.45) is -8.92. The van der Waals surface area contributed by atoms with Gasteiger partial charge in [-0.05, 0) is 97.2 Å². The number of benzene rings is 3. The summed E-state index contributed by atoms with van der Waals surface area (Å²) < 4.78 is 47.0. The van der Waals surface area contributed by atoms with Gasteiger partial charge in [-0.2, -0.15) is 0 Å². The van der Waals surface area contributed by atoms with E-state index in [1.807, 2.05) is 60.7 Å². The molecular formula is C59H77Cl2NO14Si2. The van der Waals surface area contributed by atoms with Gasteiger partial charge in [0, 0.05) is 37.7 Å². The Morgan fingerprint density at radius 2 is 1.44 bits per heavy atom. The number of hydrogen-bond donors (Lipinski definition) is 2. The third-order valence-electron chi connectivity index (χ3n) is 18.1. The van der Waals surface area contributed by atoms with Gasteiger partial charge in [0.05, 0.1) is 45.7 Å². The zero-order valence-corrected chi connectivity index (χ0v) is 50.9. The quantitative estimate of drug-likeness (QED) is 0.0560. The molecule has 3 fully saturated rings. The number of nitrogens with one attached hydrogen (secondary N) is 1. The highest BCUT2D eigenvalue weighted by molar-refractivity contribution is 6.74. The lowest BCUT2D eigenvalue weighted by molar-refractivity contribution is -0.344. The number of amides is 1. The Bertz CT molecular complexity index is 2810. The first kappa shape index (κ1) is 60.9. The summed E-state index contributed by atoms with van der Waals surface area (Å²) in [6, 6.07) is 22.5. The highest BCUT2D eigenvalue weighted by Gasteiger charge is 2.79. The van der Waals surface area contributed by atoms with Crippen molar-refractivity contribution in [1.29, 1.82) is 0 Å². The minimum Gasteiger partial charge on any atom is -0.456 e. The molecule has 1 aliphatic heterocycles. The minimum atomic E-state index is -2.97. The molecule has 2 bridgehead atoms. The molecule has 2 saturated carbocycles. The second-order valence-corrected chi connectivity index (χ2v) is 34.1. The van der Waals surface area contributed by atoms with E-state index in [9.17, 15) is 19.5 Å². The van der Waals surface area contributed by atoms with Crippen LogP contribution in [0.5, 0.6) is 0 Å². The first-order valence-corrected chi connectivity index (χ1v) is 33.2. The van der Waals surface area contributed by atoms with Crippen molar-refractivity contribution < 1.29 is 66.4 Å². The Morgan fingerprint density at radius 3 is 1.96 bits per heavy atom. The molecule has 1 heterocycles. The summed E-state index contributed by atoms with van der Waals surface area (Å²) in [6.45, 7) is 24.8. The third kappa shape index (κ3) is 11.0. The van der Waals surface area contributed by atoms with E-state index < -0.39 is 134 Å². The fraction of sp³-hybridized carbons (Fsp3) is 0.559. The number of ether oxygens (including phenoxy) is 5. The number of halogens is 2. The molecule has 1 saturated heterocycles. The standard InChI is InChI=1S/C59H77Cl2NO14Si2/c1-15-78(16-2,17-3)75-43-31-44-58(33-70-44,74-36(6)64)49-51(73-53(67)39-28-29-40(60)41(61)30-39)59(69)32-42(34(4)45(56(59,10)11)47(71-35(5)63)50(65)57(43,49)12)72-54(68)48(76-77(13,14)55(7,8)9)46(37-24-20-18-21-25-37)62-52(66)38-26-22-19-23-27-38/h18-30,42-44,46-49,51,69H,15-17,31-33H2,1-14H3,(H,62,66)/t42-,43-,44+,46-,47+,48+,49-,51-,57+,58-,59+/m0/s1. The summed E-state index contributed by atoms with van der Waals surface area (Å²) in [7, 11) is -5.66. The second-order valence-electron chi connectivity index (χ2n) is 23.8. The highest BCUT2D eigenvalue weighted by Crippen LogP contribution is 2.65. The fourth-order valence-corrected chi connectivity index (χ4v) is 16.7. The maximum atomic E-state index is 16.7. The van der Waals surface area contributed by atoms with E-state index in [0.717, 1.165) is 0 Å². The monoisotopic (exact) mass is 1150 g/mol. The number of hydrogen-bond acceptors (Lipinski definition) is 14. The number of Topliss-reactive ketones (excluding diaryl/α,β-unsaturated/α-hetero) is 1. The van der Waals surface area contributed by atoms with Crippen LogP contribution in [0.15, 0.2) is 90.0 Å². The largest absolute Gasteiger partial charge is 0.456 e. The molecule has 19 heteroatoms. The highest BCUT2D eigenvalue weighted by atomic mass is 35.5. The molecular weight excluding hydrogens is 1070 g/mol. The predicted octanol–water partition coefficient (Wildman–Crippen LogP) is 11.1. The second kappa shape index (κ2) is 22.7. The van der Waals surface area contributed by atoms with Crippen molar-refractivity contribution in [2.24, 2.45) is 16.7 Å². The molecule has 2 N–H and O–H groups in total. The van der Waals surface area contributed by atoms with Gasteiger partial charge < -0.3 is 43.0 Å². The molecule has 424 valence electrons. The molecule has 4 aliphatic rings. The average Bonchev–Trinajstić information content (AvgIpc) is 3.54. The van der Waals surface area contributed by atoms with E-state index in [1.54, 1.807) is 82.3 Å². The van der Waals surface area contributed by atoms with Gasteiger partial charge in [-0.3, -0.25) is 19.2 Å². The van der Waals surface area contributed by atoms with Crippen LogP contribution in [0.3, 0.4) is 0 Å². The average molecular weight is 1150 g/mol. The van der Waals surface area contributed by atoms with Crippen molar-refractivity contribution in [2.45, 2.75) is 186 Å². The maximum Gasteiger partial charge on any atom is 0.338 e. The Hall–Kier alpha value is -4.73. The fourth-order valence-electron chi connectivity index (χ4n) is 12.3. The van der Waals surface area contributed by atoms with E-state index in [0.29, 0.717) is 29.3 Å². The molecule has 1 amide bonds. The van der Waals surface area contributed by atoms with Gasteiger partial charge in [-0.25, -0.2) is 9.59 Å². The first-order chi connectivity index (χ1) is 36.4. The van der Waals surface area contributed by atoms with Crippen LogP contribution in [0, 0.1) is 16.7 Å². The van der Waals surface area contributed by atoms with Crippen molar-refractivity contribution in [3.63, 3.8) is 0 Å². The minimum absolute atomic E-state index is 0.0377.